The second-order valence-electron chi connectivity index (χ2n) is 13.4. The summed E-state index contributed by atoms with van der Waals surface area (Å²) in [7, 11) is 0. The third-order valence-electron chi connectivity index (χ3n) is 11.1. The molecule has 0 spiro atoms. The molecule has 0 saturated carbocycles. The van der Waals surface area contributed by atoms with E-state index in [4.69, 9.17) is 0 Å². The zero-order chi connectivity index (χ0) is 33.1. The summed E-state index contributed by atoms with van der Waals surface area (Å²) in [6.45, 7) is 0. The SMILES string of the molecule is c1ccc(C2(c3ccc(-c4ccc(-c5cccnc5)cc4)cc3)c3ccccc3C3(c4ccccc4)c4ccccc4-c4cccc2c43)cc1. The van der Waals surface area contributed by atoms with Crippen LogP contribution in [0.25, 0.3) is 33.4 Å². The summed E-state index contributed by atoms with van der Waals surface area (Å²) in [6, 6.07) is 69.9. The van der Waals surface area contributed by atoms with Gasteiger partial charge in [0.1, 0.15) is 0 Å². The minimum atomic E-state index is -0.535. The first-order valence-electron chi connectivity index (χ1n) is 17.4. The Bertz CT molecular complexity index is 2500. The molecule has 1 heterocycles. The van der Waals surface area contributed by atoms with Crippen LogP contribution in [0, 0.1) is 0 Å². The van der Waals surface area contributed by atoms with E-state index in [0.717, 1.165) is 5.56 Å². The molecule has 0 saturated heterocycles. The molecule has 2 aliphatic rings. The molecular weight excluding hydrogens is 603 g/mol. The van der Waals surface area contributed by atoms with Crippen LogP contribution in [0.3, 0.4) is 0 Å². The van der Waals surface area contributed by atoms with Crippen LogP contribution < -0.4 is 0 Å². The molecule has 10 rings (SSSR count). The molecule has 50 heavy (non-hydrogen) atoms. The third-order valence-corrected chi connectivity index (χ3v) is 11.1. The largest absolute Gasteiger partial charge is 0.264 e. The Balaban J connectivity index is 1.24. The van der Waals surface area contributed by atoms with E-state index in [1.807, 2.05) is 18.5 Å². The lowest BCUT2D eigenvalue weighted by Crippen LogP contribution is -2.44. The molecule has 1 nitrogen and oxygen atoms in total. The Labute approximate surface area is 293 Å². The summed E-state index contributed by atoms with van der Waals surface area (Å²) in [5, 5.41) is 0. The quantitative estimate of drug-likeness (QED) is 0.183. The summed E-state index contributed by atoms with van der Waals surface area (Å²) >= 11 is 0. The zero-order valence-electron chi connectivity index (χ0n) is 27.5. The van der Waals surface area contributed by atoms with Crippen LogP contribution in [0.15, 0.2) is 200 Å². The van der Waals surface area contributed by atoms with Crippen molar-refractivity contribution in [3.8, 4) is 33.4 Å². The minimum Gasteiger partial charge on any atom is -0.264 e. The molecule has 7 aromatic carbocycles. The second kappa shape index (κ2) is 11.1. The van der Waals surface area contributed by atoms with Gasteiger partial charge in [-0.1, -0.05) is 182 Å². The summed E-state index contributed by atoms with van der Waals surface area (Å²) in [6.07, 6.45) is 3.73. The van der Waals surface area contributed by atoms with E-state index in [2.05, 4.69) is 187 Å². The van der Waals surface area contributed by atoms with Gasteiger partial charge in [-0.25, -0.2) is 0 Å². The minimum absolute atomic E-state index is 0.436. The number of nitrogens with zero attached hydrogens (tertiary/aromatic N) is 1. The lowest BCUT2D eigenvalue weighted by Gasteiger charge is -2.49. The molecule has 2 unspecified atom stereocenters. The maximum Gasteiger partial charge on any atom is 0.0720 e. The van der Waals surface area contributed by atoms with Gasteiger partial charge in [0, 0.05) is 12.4 Å². The monoisotopic (exact) mass is 635 g/mol. The van der Waals surface area contributed by atoms with E-state index in [0.29, 0.717) is 0 Å². The Hall–Kier alpha value is -6.31. The molecule has 234 valence electrons. The highest BCUT2D eigenvalue weighted by Crippen LogP contribution is 2.65. The summed E-state index contributed by atoms with van der Waals surface area (Å²) < 4.78 is 0. The van der Waals surface area contributed by atoms with E-state index in [-0.39, 0.29) is 0 Å². The van der Waals surface area contributed by atoms with Gasteiger partial charge >= 0.3 is 0 Å². The van der Waals surface area contributed by atoms with E-state index in [9.17, 15) is 0 Å². The van der Waals surface area contributed by atoms with Crippen LogP contribution in [0.5, 0.6) is 0 Å². The molecule has 0 radical (unpaired) electrons. The number of hydrogen-bond donors (Lipinski definition) is 0. The number of fused-ring (bicyclic) bond motifs is 5. The predicted molar refractivity (Wildman–Crippen MR) is 204 cm³/mol. The van der Waals surface area contributed by atoms with Gasteiger partial charge in [0.15, 0.2) is 0 Å². The van der Waals surface area contributed by atoms with Crippen LogP contribution >= 0.6 is 0 Å². The molecular formula is C49H33N. The van der Waals surface area contributed by atoms with Crippen LogP contribution in [-0.4, -0.2) is 4.98 Å². The summed E-state index contributed by atoms with van der Waals surface area (Å²) in [5.74, 6) is 0. The molecule has 0 amide bonds. The van der Waals surface area contributed by atoms with E-state index >= 15 is 0 Å². The maximum absolute atomic E-state index is 4.31. The molecule has 0 aliphatic heterocycles. The number of hydrogen-bond acceptors (Lipinski definition) is 1. The molecule has 0 bridgehead atoms. The van der Waals surface area contributed by atoms with Crippen molar-refractivity contribution in [1.82, 2.24) is 4.98 Å². The van der Waals surface area contributed by atoms with Crippen LogP contribution in [0.1, 0.15) is 44.5 Å². The van der Waals surface area contributed by atoms with Crippen LogP contribution in [0.4, 0.5) is 0 Å². The van der Waals surface area contributed by atoms with Crippen molar-refractivity contribution in [2.24, 2.45) is 0 Å². The van der Waals surface area contributed by atoms with Gasteiger partial charge in [-0.2, -0.15) is 0 Å². The Kier molecular flexibility index (Phi) is 6.38. The fourth-order valence-corrected chi connectivity index (χ4v) is 9.16. The zero-order valence-corrected chi connectivity index (χ0v) is 27.5. The number of rotatable bonds is 5. The first kappa shape index (κ1) is 28.7. The maximum atomic E-state index is 4.31. The fourth-order valence-electron chi connectivity index (χ4n) is 9.16. The van der Waals surface area contributed by atoms with Gasteiger partial charge in [-0.05, 0) is 84.0 Å². The van der Waals surface area contributed by atoms with Crippen LogP contribution in [0.2, 0.25) is 0 Å². The second-order valence-corrected chi connectivity index (χ2v) is 13.4. The summed E-state index contributed by atoms with van der Waals surface area (Å²) in [5.41, 5.74) is 16.9. The Morgan fingerprint density at radius 3 is 1.42 bits per heavy atom. The van der Waals surface area contributed by atoms with Gasteiger partial charge in [0.05, 0.1) is 10.8 Å². The number of pyridine rings is 1. The van der Waals surface area contributed by atoms with Gasteiger partial charge in [-0.15, -0.1) is 0 Å². The lowest BCUT2D eigenvalue weighted by atomic mass is 9.51. The molecule has 2 atom stereocenters. The van der Waals surface area contributed by atoms with Gasteiger partial charge in [0.25, 0.3) is 0 Å². The van der Waals surface area contributed by atoms with Crippen molar-refractivity contribution in [2.75, 3.05) is 0 Å². The van der Waals surface area contributed by atoms with Gasteiger partial charge in [0.2, 0.25) is 0 Å². The molecule has 1 aromatic heterocycles. The average Bonchev–Trinajstić information content (AvgIpc) is 3.52. The molecule has 8 aromatic rings. The average molecular weight is 636 g/mol. The lowest BCUT2D eigenvalue weighted by molar-refractivity contribution is 0.627. The van der Waals surface area contributed by atoms with Crippen molar-refractivity contribution in [1.29, 1.82) is 0 Å². The highest BCUT2D eigenvalue weighted by Gasteiger charge is 2.57. The van der Waals surface area contributed by atoms with Crippen molar-refractivity contribution in [3.63, 3.8) is 0 Å². The van der Waals surface area contributed by atoms with Crippen molar-refractivity contribution in [3.05, 3.63) is 245 Å². The first-order valence-corrected chi connectivity index (χ1v) is 17.4. The number of aromatic nitrogens is 1. The summed E-state index contributed by atoms with van der Waals surface area (Å²) in [4.78, 5) is 4.31. The van der Waals surface area contributed by atoms with Gasteiger partial charge in [-0.3, -0.25) is 4.98 Å². The van der Waals surface area contributed by atoms with E-state index in [1.165, 1.54) is 72.3 Å². The highest BCUT2D eigenvalue weighted by atomic mass is 14.6. The van der Waals surface area contributed by atoms with Gasteiger partial charge < -0.3 is 0 Å². The molecule has 0 N–H and O–H groups in total. The van der Waals surface area contributed by atoms with Crippen molar-refractivity contribution in [2.45, 2.75) is 10.8 Å². The van der Waals surface area contributed by atoms with E-state index in [1.54, 1.807) is 0 Å². The standard InChI is InChI=1S/C49H33N/c1-3-14-38(15-4-1)48(40-30-28-35(29-31-40)34-24-26-36(27-25-34)37-13-12-32-50-33-37)44-21-9-10-22-45(44)49(39-16-5-2-6-17-39)43-20-8-7-18-41(43)42-19-11-23-46(48)47(42)49/h1-33H. The topological polar surface area (TPSA) is 12.9 Å². The first-order chi connectivity index (χ1) is 24.8. The van der Waals surface area contributed by atoms with E-state index < -0.39 is 10.8 Å². The van der Waals surface area contributed by atoms with Crippen LogP contribution in [-0.2, 0) is 10.8 Å². The number of benzene rings is 7. The molecule has 0 fully saturated rings. The normalized spacial score (nSPS) is 18.2. The highest BCUT2D eigenvalue weighted by molar-refractivity contribution is 5.91. The fraction of sp³-hybridized carbons (Fsp3) is 0.0408. The Morgan fingerprint density at radius 2 is 0.780 bits per heavy atom. The molecule has 1 heteroatoms. The van der Waals surface area contributed by atoms with Crippen molar-refractivity contribution >= 4 is 0 Å². The third kappa shape index (κ3) is 3.86. The van der Waals surface area contributed by atoms with Crippen molar-refractivity contribution < 1.29 is 0 Å². The Morgan fingerprint density at radius 1 is 0.300 bits per heavy atom. The predicted octanol–water partition coefficient (Wildman–Crippen LogP) is 11.5. The molecule has 2 aliphatic carbocycles. The smallest absolute Gasteiger partial charge is 0.0720 e.